The van der Waals surface area contributed by atoms with Crippen LogP contribution in [0.25, 0.3) is 33.3 Å². The Morgan fingerprint density at radius 1 is 1.07 bits per heavy atom. The largest absolute Gasteiger partial charge is 0.597 e. The Bertz CT molecular complexity index is 2640. The normalized spacial score (nSPS) is 22.5. The zero-order valence-corrected chi connectivity index (χ0v) is 43.7. The maximum Gasteiger partial charge on any atom is 0.324 e. The average molecular weight is 981 g/mol. The van der Waals surface area contributed by atoms with Crippen LogP contribution in [0.3, 0.4) is 0 Å². The molecule has 7 atom stereocenters. The lowest BCUT2D eigenvalue weighted by Gasteiger charge is -2.37. The fraction of sp³-hybridized carbons (Fsp3) is 0.547. The molecule has 2 aromatic carbocycles. The summed E-state index contributed by atoms with van der Waals surface area (Å²) < 4.78 is 22.6. The summed E-state index contributed by atoms with van der Waals surface area (Å²) >= 11 is -1.41. The first-order valence-corrected chi connectivity index (χ1v) is 25.7. The summed E-state index contributed by atoms with van der Waals surface area (Å²) in [6.45, 7) is 20.1. The quantitative estimate of drug-likeness (QED) is 0.0938. The number of amides is 4. The van der Waals surface area contributed by atoms with Crippen molar-refractivity contribution in [1.82, 2.24) is 39.4 Å². The van der Waals surface area contributed by atoms with E-state index in [1.165, 1.54) is 34.5 Å². The van der Waals surface area contributed by atoms with Crippen molar-refractivity contribution in [2.75, 3.05) is 33.8 Å². The molecule has 5 heterocycles. The molecule has 378 valence electrons. The van der Waals surface area contributed by atoms with Crippen LogP contribution in [-0.2, 0) is 65.9 Å². The van der Waals surface area contributed by atoms with Gasteiger partial charge in [-0.25, -0.2) is 5.43 Å². The van der Waals surface area contributed by atoms with Crippen LogP contribution in [0.1, 0.15) is 98.8 Å². The maximum absolute atomic E-state index is 14.8. The summed E-state index contributed by atoms with van der Waals surface area (Å²) in [4.78, 5) is 77.9. The van der Waals surface area contributed by atoms with Crippen LogP contribution in [0.2, 0.25) is 0 Å². The standard InChI is InChI=1S/C53H72N8O8S/c1-13-34-19-20-54-28-40(34)47-39-27-53(9,10)30-69-51(67)41-16-15-21-60(56-41)49(65)42(24-33-22-36(25-37(62)23-33)35-17-18-43(38(39)26-35)59(47)14-2)55-48(64)45(31(3)4)58(12)44(63)29-57(11)50(66)46-32(5)61(46)70(68)52(6,7)8/h17-20,22-23,25-26,28,31-32,41-42,45-46,56,62H,13-16,21,24,27,29-30H2,1-12H3,(H,55,64)/t32-,41-,42-,45-,46-,61?,70?/m0/s1. The minimum absolute atomic E-state index is 0.0213. The first kappa shape index (κ1) is 52.3. The molecule has 16 nitrogen and oxygen atoms in total. The molecule has 17 heteroatoms. The summed E-state index contributed by atoms with van der Waals surface area (Å²) in [5.41, 5.74) is 10.1. The Kier molecular flexibility index (Phi) is 15.5. The van der Waals surface area contributed by atoms with Crippen LogP contribution in [0.4, 0.5) is 0 Å². The van der Waals surface area contributed by atoms with Gasteiger partial charge in [0.2, 0.25) is 17.7 Å². The lowest BCUT2D eigenvalue weighted by atomic mass is 9.84. The van der Waals surface area contributed by atoms with Crippen molar-refractivity contribution in [2.45, 2.75) is 143 Å². The molecule has 6 bridgehead atoms. The topological polar surface area (TPSA) is 192 Å². The van der Waals surface area contributed by atoms with Crippen LogP contribution < -0.4 is 10.7 Å². The second-order valence-electron chi connectivity index (χ2n) is 21.4. The molecule has 3 aliphatic rings. The number of nitrogens with zero attached hydrogens (tertiary/aromatic N) is 6. The van der Waals surface area contributed by atoms with Crippen molar-refractivity contribution >= 4 is 51.9 Å². The van der Waals surface area contributed by atoms with Crippen molar-refractivity contribution in [1.29, 1.82) is 0 Å². The molecule has 3 N–H and O–H groups in total. The number of ether oxygens (including phenoxy) is 1. The molecule has 0 aliphatic carbocycles. The van der Waals surface area contributed by atoms with E-state index < -0.39 is 75.3 Å². The Morgan fingerprint density at radius 3 is 2.47 bits per heavy atom. The van der Waals surface area contributed by atoms with E-state index in [2.05, 4.69) is 66.2 Å². The summed E-state index contributed by atoms with van der Waals surface area (Å²) in [7, 11) is 3.02. The number of benzene rings is 2. The average Bonchev–Trinajstić information content (AvgIpc) is 3.89. The Labute approximate surface area is 415 Å². The molecule has 4 aromatic rings. The SMILES string of the molecule is CCc1ccncc1-c1c2c3cc(ccc3n1CC)-c1cc(O)cc(c1)C[C@H](NC(=O)[C@H](C(C)C)N(C)C(=O)CN(C)C(=O)[C@@H]1[C@H](C)N1[S+]([O-])C(C)(C)C)C(=O)N1CCC[C@H](N1)C(=O)OCC(C)(C)C2. The first-order valence-electron chi connectivity index (χ1n) is 24.6. The lowest BCUT2D eigenvalue weighted by molar-refractivity contribution is -0.155. The van der Waals surface area contributed by atoms with Crippen LogP contribution in [0.15, 0.2) is 54.9 Å². The van der Waals surface area contributed by atoms with Crippen molar-refractivity contribution in [3.63, 3.8) is 0 Å². The highest BCUT2D eigenvalue weighted by Crippen LogP contribution is 2.42. The molecule has 0 saturated carbocycles. The van der Waals surface area contributed by atoms with Gasteiger partial charge in [0.1, 0.15) is 28.6 Å². The molecular weight excluding hydrogens is 909 g/mol. The number of cyclic esters (lactones) is 1. The number of aromatic nitrogens is 2. The zero-order chi connectivity index (χ0) is 51.1. The number of rotatable bonds is 11. The molecule has 2 unspecified atom stereocenters. The fourth-order valence-corrected chi connectivity index (χ4v) is 11.6. The molecule has 0 spiro atoms. The number of aryl methyl sites for hydroxylation is 2. The number of phenols is 1. The number of phenolic OH excluding ortho intramolecular Hbond substituents is 1. The number of fused-ring (bicyclic) bond motifs is 6. The highest BCUT2D eigenvalue weighted by molar-refractivity contribution is 7.90. The third kappa shape index (κ3) is 10.9. The number of aromatic hydroxyl groups is 1. The van der Waals surface area contributed by atoms with E-state index in [0.29, 0.717) is 36.9 Å². The van der Waals surface area contributed by atoms with Gasteiger partial charge in [0.25, 0.3) is 5.91 Å². The van der Waals surface area contributed by atoms with Gasteiger partial charge in [-0.3, -0.25) is 34.0 Å². The summed E-state index contributed by atoms with van der Waals surface area (Å²) in [5, 5.41) is 16.7. The molecule has 2 aromatic heterocycles. The smallest absolute Gasteiger partial charge is 0.324 e. The van der Waals surface area contributed by atoms with Crippen molar-refractivity contribution < 1.29 is 38.4 Å². The number of hydrogen-bond donors (Lipinski definition) is 3. The van der Waals surface area contributed by atoms with Gasteiger partial charge in [0.05, 0.1) is 24.9 Å². The van der Waals surface area contributed by atoms with E-state index in [9.17, 15) is 33.6 Å². The van der Waals surface area contributed by atoms with E-state index in [1.54, 1.807) is 30.3 Å². The fourth-order valence-electron chi connectivity index (χ4n) is 10.1. The molecule has 3 aliphatic heterocycles. The van der Waals surface area contributed by atoms with Crippen LogP contribution in [0.5, 0.6) is 5.75 Å². The Hall–Kier alpha value is -5.49. The van der Waals surface area contributed by atoms with Crippen LogP contribution in [-0.4, -0.2) is 137 Å². The van der Waals surface area contributed by atoms with E-state index in [1.807, 2.05) is 52.2 Å². The third-order valence-corrected chi connectivity index (χ3v) is 15.9. The molecule has 2 fully saturated rings. The van der Waals surface area contributed by atoms with Crippen molar-refractivity contribution in [3.05, 3.63) is 71.5 Å². The van der Waals surface area contributed by atoms with E-state index in [-0.39, 0.29) is 43.8 Å². The molecule has 70 heavy (non-hydrogen) atoms. The van der Waals surface area contributed by atoms with Gasteiger partial charge in [0.15, 0.2) is 6.04 Å². The summed E-state index contributed by atoms with van der Waals surface area (Å²) in [6.07, 6.45) is 6.01. The lowest BCUT2D eigenvalue weighted by Crippen LogP contribution is -2.62. The molecule has 2 saturated heterocycles. The third-order valence-electron chi connectivity index (χ3n) is 13.9. The van der Waals surface area contributed by atoms with Crippen LogP contribution >= 0.6 is 0 Å². The second kappa shape index (κ2) is 20.7. The van der Waals surface area contributed by atoms with E-state index in [4.69, 9.17) is 4.74 Å². The van der Waals surface area contributed by atoms with E-state index in [0.717, 1.165) is 39.7 Å². The first-order chi connectivity index (χ1) is 33.0. The number of carbonyl (C=O) groups is 5. The number of hydrazine groups is 1. The van der Waals surface area contributed by atoms with Gasteiger partial charge in [-0.1, -0.05) is 46.8 Å². The summed E-state index contributed by atoms with van der Waals surface area (Å²) in [5.74, 6) is -2.86. The predicted octanol–water partition coefficient (Wildman–Crippen LogP) is 5.78. The number of nitrogens with one attached hydrogen (secondary N) is 2. The van der Waals surface area contributed by atoms with Crippen molar-refractivity contribution in [2.24, 2.45) is 11.3 Å². The van der Waals surface area contributed by atoms with Crippen molar-refractivity contribution in [3.8, 4) is 28.1 Å². The highest BCUT2D eigenvalue weighted by Gasteiger charge is 2.61. The molecule has 7 rings (SSSR count). The zero-order valence-electron chi connectivity index (χ0n) is 42.9. The van der Waals surface area contributed by atoms with Crippen LogP contribution in [0, 0.1) is 11.3 Å². The molecular formula is C53H72N8O8S. The minimum Gasteiger partial charge on any atom is -0.597 e. The monoisotopic (exact) mass is 981 g/mol. The van der Waals surface area contributed by atoms with Gasteiger partial charge in [-0.2, -0.15) is 0 Å². The number of carbonyl (C=O) groups excluding carboxylic acids is 5. The minimum atomic E-state index is -1.41. The van der Waals surface area contributed by atoms with Gasteiger partial charge in [0, 0.05) is 79.2 Å². The predicted molar refractivity (Wildman–Crippen MR) is 271 cm³/mol. The summed E-state index contributed by atoms with van der Waals surface area (Å²) in [6, 6.07) is 9.52. The molecule has 0 radical (unpaired) electrons. The maximum atomic E-state index is 14.8. The van der Waals surface area contributed by atoms with Gasteiger partial charge >= 0.3 is 5.97 Å². The number of hydrogen-bond acceptors (Lipinski definition) is 11. The van der Waals surface area contributed by atoms with E-state index >= 15 is 0 Å². The highest BCUT2D eigenvalue weighted by atomic mass is 32.2. The molecule has 4 amide bonds. The van der Waals surface area contributed by atoms with Gasteiger partial charge in [-0.05, 0) is 124 Å². The van der Waals surface area contributed by atoms with Gasteiger partial charge in [-0.15, -0.1) is 4.31 Å². The Morgan fingerprint density at radius 2 is 1.80 bits per heavy atom. The van der Waals surface area contributed by atoms with Gasteiger partial charge < -0.3 is 34.1 Å². The number of pyridine rings is 1. The Balaban J connectivity index is 1.23. The number of likely N-dealkylation sites (N-methyl/N-ethyl adjacent to an activating group) is 2. The number of esters is 1. The second-order valence-corrected chi connectivity index (χ2v) is 23.5.